The fourth-order valence-electron chi connectivity index (χ4n) is 3.74. The average molecular weight is 373 g/mol. The van der Waals surface area contributed by atoms with Crippen molar-refractivity contribution in [2.24, 2.45) is 7.05 Å². The molecule has 140 valence electrons. The van der Waals surface area contributed by atoms with Gasteiger partial charge in [-0.1, -0.05) is 0 Å². The van der Waals surface area contributed by atoms with E-state index in [4.69, 9.17) is 5.11 Å². The first-order valence-corrected chi connectivity index (χ1v) is 8.55. The van der Waals surface area contributed by atoms with Crippen molar-refractivity contribution in [1.82, 2.24) is 9.55 Å². The van der Waals surface area contributed by atoms with Crippen molar-refractivity contribution in [2.75, 3.05) is 5.32 Å². The Balaban J connectivity index is 1.97. The summed E-state index contributed by atoms with van der Waals surface area (Å²) in [5.74, 6) is -2.36. The number of carbonyl (C=O) groups is 1. The molecule has 3 aromatic rings. The lowest BCUT2D eigenvalue weighted by atomic mass is 9.98. The van der Waals surface area contributed by atoms with Crippen molar-refractivity contribution >= 4 is 22.6 Å². The Morgan fingerprint density at radius 2 is 2.07 bits per heavy atom. The number of aromatic amines is 1. The fraction of sp³-hybridized carbons (Fsp3) is 0.263. The van der Waals surface area contributed by atoms with Gasteiger partial charge >= 0.3 is 5.97 Å². The number of carboxylic acid groups (broad SMARTS) is 1. The second-order valence-corrected chi connectivity index (χ2v) is 6.75. The lowest BCUT2D eigenvalue weighted by Crippen LogP contribution is -2.16. The van der Waals surface area contributed by atoms with Gasteiger partial charge < -0.3 is 20.0 Å². The van der Waals surface area contributed by atoms with E-state index in [9.17, 15) is 18.4 Å². The first-order valence-electron chi connectivity index (χ1n) is 8.55. The largest absolute Gasteiger partial charge is 0.481 e. The summed E-state index contributed by atoms with van der Waals surface area (Å²) in [5.41, 5.74) is 1.86. The van der Waals surface area contributed by atoms with Crippen LogP contribution in [0.1, 0.15) is 30.9 Å². The van der Waals surface area contributed by atoms with Crippen molar-refractivity contribution in [3.63, 3.8) is 0 Å². The molecule has 0 aliphatic carbocycles. The van der Waals surface area contributed by atoms with E-state index in [1.54, 1.807) is 19.4 Å². The number of hydrogen-bond acceptors (Lipinski definition) is 3. The van der Waals surface area contributed by atoms with Gasteiger partial charge in [-0.25, -0.2) is 8.78 Å². The molecule has 0 saturated carbocycles. The molecule has 6 nitrogen and oxygen atoms in total. The van der Waals surface area contributed by atoms with Crippen LogP contribution < -0.4 is 10.9 Å². The van der Waals surface area contributed by atoms with Gasteiger partial charge in [0.25, 0.3) is 5.56 Å². The number of fused-ring (bicyclic) bond motifs is 2. The van der Waals surface area contributed by atoms with Gasteiger partial charge in [-0.15, -0.1) is 0 Å². The third-order valence-electron chi connectivity index (χ3n) is 4.96. The minimum absolute atomic E-state index is 0.0199. The Labute approximate surface area is 152 Å². The summed E-state index contributed by atoms with van der Waals surface area (Å²) in [6.07, 6.45) is 4.02. The van der Waals surface area contributed by atoms with E-state index in [1.807, 2.05) is 0 Å². The number of rotatable bonds is 4. The molecule has 8 heteroatoms. The number of pyridine rings is 1. The Morgan fingerprint density at radius 1 is 1.30 bits per heavy atom. The van der Waals surface area contributed by atoms with Gasteiger partial charge in [0.1, 0.15) is 17.2 Å². The van der Waals surface area contributed by atoms with Gasteiger partial charge in [0, 0.05) is 54.0 Å². The van der Waals surface area contributed by atoms with Gasteiger partial charge in [0.2, 0.25) is 0 Å². The second-order valence-electron chi connectivity index (χ2n) is 6.75. The maximum atomic E-state index is 14.6. The van der Waals surface area contributed by atoms with Gasteiger partial charge in [0.05, 0.1) is 11.7 Å². The molecule has 0 bridgehead atoms. The minimum Gasteiger partial charge on any atom is -0.481 e. The van der Waals surface area contributed by atoms with Crippen LogP contribution in [0.4, 0.5) is 14.5 Å². The Morgan fingerprint density at radius 3 is 2.81 bits per heavy atom. The van der Waals surface area contributed by atoms with Crippen LogP contribution in [0.5, 0.6) is 0 Å². The summed E-state index contributed by atoms with van der Waals surface area (Å²) in [7, 11) is 1.58. The predicted octanol–water partition coefficient (Wildman–Crippen LogP) is 3.53. The molecule has 2 aromatic heterocycles. The molecule has 0 radical (unpaired) electrons. The van der Waals surface area contributed by atoms with E-state index < -0.39 is 23.6 Å². The number of nitrogens with one attached hydrogen (secondary N) is 2. The molecule has 3 N–H and O–H groups in total. The highest BCUT2D eigenvalue weighted by Crippen LogP contribution is 2.43. The number of aromatic nitrogens is 2. The van der Waals surface area contributed by atoms with E-state index in [-0.39, 0.29) is 17.7 Å². The second kappa shape index (κ2) is 6.22. The molecule has 0 spiro atoms. The first-order chi connectivity index (χ1) is 12.9. The zero-order valence-electron chi connectivity index (χ0n) is 14.5. The molecule has 27 heavy (non-hydrogen) atoms. The van der Waals surface area contributed by atoms with Gasteiger partial charge in [-0.3, -0.25) is 9.59 Å². The van der Waals surface area contributed by atoms with Crippen LogP contribution in [0.25, 0.3) is 22.0 Å². The molecular weight excluding hydrogens is 356 g/mol. The van der Waals surface area contributed by atoms with Crippen LogP contribution in [-0.4, -0.2) is 20.6 Å². The topological polar surface area (TPSA) is 87.1 Å². The summed E-state index contributed by atoms with van der Waals surface area (Å²) in [4.78, 5) is 26.3. The quantitative estimate of drug-likeness (QED) is 0.653. The summed E-state index contributed by atoms with van der Waals surface area (Å²) >= 11 is 0. The third kappa shape index (κ3) is 2.77. The van der Waals surface area contributed by atoms with Crippen molar-refractivity contribution in [1.29, 1.82) is 0 Å². The summed E-state index contributed by atoms with van der Waals surface area (Å²) in [5, 5.41) is 12.6. The number of carboxylic acids is 1. The van der Waals surface area contributed by atoms with Crippen molar-refractivity contribution in [2.45, 2.75) is 25.3 Å². The van der Waals surface area contributed by atoms with Gasteiger partial charge in [0.15, 0.2) is 0 Å². The van der Waals surface area contributed by atoms with Crippen LogP contribution in [-0.2, 0) is 11.8 Å². The molecule has 0 fully saturated rings. The van der Waals surface area contributed by atoms with Crippen LogP contribution in [0.3, 0.4) is 0 Å². The smallest absolute Gasteiger partial charge is 0.303 e. The third-order valence-corrected chi connectivity index (χ3v) is 4.96. The molecule has 1 aromatic carbocycles. The predicted molar refractivity (Wildman–Crippen MR) is 96.7 cm³/mol. The zero-order valence-corrected chi connectivity index (χ0v) is 14.5. The average Bonchev–Trinajstić information content (AvgIpc) is 2.98. The normalized spacial score (nSPS) is 15.3. The molecule has 1 aliphatic rings. The van der Waals surface area contributed by atoms with E-state index in [0.717, 1.165) is 11.6 Å². The van der Waals surface area contributed by atoms with Crippen molar-refractivity contribution in [3.05, 3.63) is 52.1 Å². The summed E-state index contributed by atoms with van der Waals surface area (Å²) in [6.45, 7) is 0. The zero-order chi connectivity index (χ0) is 19.3. The van der Waals surface area contributed by atoms with Crippen LogP contribution in [0.2, 0.25) is 0 Å². The molecule has 0 saturated heterocycles. The Kier molecular flexibility index (Phi) is 3.98. The number of anilines is 1. The molecule has 1 aliphatic heterocycles. The minimum atomic E-state index is -0.911. The highest BCUT2D eigenvalue weighted by atomic mass is 19.1. The highest BCUT2D eigenvalue weighted by molar-refractivity contribution is 6.01. The SMILES string of the molecule is Cn1cc2c3c(c[nH]c3c1=O)C(CCCC(=O)O)Nc1c(F)cc(F)cc1-2. The highest BCUT2D eigenvalue weighted by Gasteiger charge is 2.28. The molecule has 3 heterocycles. The number of benzene rings is 1. The lowest BCUT2D eigenvalue weighted by Gasteiger charge is -2.19. The Bertz CT molecular complexity index is 1130. The molecule has 1 atom stereocenters. The number of H-pyrrole nitrogens is 1. The standard InChI is InChI=1S/C19H17F2N3O3/c1-24-8-12-10-5-9(20)6-13(21)17(10)23-14(3-2-4-15(25)26)11-7-22-18(16(11)12)19(24)27/h5-8,14,22-23H,2-4H2,1H3,(H,25,26). The van der Waals surface area contributed by atoms with Crippen molar-refractivity contribution in [3.8, 4) is 11.1 Å². The number of nitrogens with zero attached hydrogens (tertiary/aromatic N) is 1. The first kappa shape index (κ1) is 17.3. The number of hydrogen-bond donors (Lipinski definition) is 3. The summed E-state index contributed by atoms with van der Waals surface area (Å²) in [6, 6.07) is 1.63. The number of aliphatic carboxylic acids is 1. The van der Waals surface area contributed by atoms with Gasteiger partial charge in [-0.05, 0) is 18.9 Å². The number of aryl methyl sites for hydroxylation is 1. The van der Waals surface area contributed by atoms with E-state index in [1.165, 1.54) is 10.6 Å². The van der Waals surface area contributed by atoms with E-state index in [2.05, 4.69) is 10.3 Å². The molecule has 0 amide bonds. The van der Waals surface area contributed by atoms with Crippen LogP contribution in [0, 0.1) is 11.6 Å². The van der Waals surface area contributed by atoms with Crippen LogP contribution >= 0.6 is 0 Å². The van der Waals surface area contributed by atoms with Gasteiger partial charge in [-0.2, -0.15) is 0 Å². The molecular formula is C19H17F2N3O3. The van der Waals surface area contributed by atoms with E-state index in [0.29, 0.717) is 34.9 Å². The van der Waals surface area contributed by atoms with Crippen LogP contribution in [0.15, 0.2) is 29.3 Å². The maximum Gasteiger partial charge on any atom is 0.303 e. The monoisotopic (exact) mass is 373 g/mol. The number of halogens is 2. The summed E-state index contributed by atoms with van der Waals surface area (Å²) < 4.78 is 29.9. The maximum absolute atomic E-state index is 14.6. The lowest BCUT2D eigenvalue weighted by molar-refractivity contribution is -0.137. The molecule has 4 rings (SSSR count). The van der Waals surface area contributed by atoms with Crippen molar-refractivity contribution < 1.29 is 18.7 Å². The van der Waals surface area contributed by atoms with E-state index >= 15 is 0 Å². The fourth-order valence-corrected chi connectivity index (χ4v) is 3.74. The Hall–Kier alpha value is -3.16. The molecule has 1 unspecified atom stereocenters.